The topological polar surface area (TPSA) is 65.1 Å². The normalized spacial score (nSPS) is 10.8. The molecule has 1 aromatic heterocycles. The number of para-hydroxylation sites is 1. The summed E-state index contributed by atoms with van der Waals surface area (Å²) in [5.41, 5.74) is 10.0. The highest BCUT2D eigenvalue weighted by atomic mass is 16.5. The van der Waals surface area contributed by atoms with E-state index in [1.165, 1.54) is 5.56 Å². The van der Waals surface area contributed by atoms with E-state index in [-0.39, 0.29) is 0 Å². The lowest BCUT2D eigenvalue weighted by molar-refractivity contribution is 0.202. The van der Waals surface area contributed by atoms with Crippen LogP contribution in [0.4, 0.5) is 17.2 Å². The molecule has 5 nitrogen and oxygen atoms in total. The van der Waals surface area contributed by atoms with Crippen LogP contribution >= 0.6 is 0 Å². The SMILES string of the molecule is CCc1nn(C)c(Nc2ccccc2CCOC)c1N. The van der Waals surface area contributed by atoms with Crippen molar-refractivity contribution >= 4 is 17.2 Å². The Labute approximate surface area is 119 Å². The van der Waals surface area contributed by atoms with Crippen LogP contribution in [-0.2, 0) is 24.6 Å². The molecule has 0 aliphatic rings. The molecular weight excluding hydrogens is 252 g/mol. The molecule has 2 rings (SSSR count). The van der Waals surface area contributed by atoms with Gasteiger partial charge in [-0.2, -0.15) is 5.10 Å². The van der Waals surface area contributed by atoms with E-state index in [4.69, 9.17) is 10.5 Å². The number of rotatable bonds is 6. The summed E-state index contributed by atoms with van der Waals surface area (Å²) < 4.78 is 6.94. The van der Waals surface area contributed by atoms with E-state index in [1.807, 2.05) is 25.2 Å². The van der Waals surface area contributed by atoms with Crippen LogP contribution in [0, 0.1) is 0 Å². The maximum absolute atomic E-state index is 6.14. The maximum atomic E-state index is 6.14. The molecule has 3 N–H and O–H groups in total. The summed E-state index contributed by atoms with van der Waals surface area (Å²) in [4.78, 5) is 0. The van der Waals surface area contributed by atoms with Crippen molar-refractivity contribution in [3.63, 3.8) is 0 Å². The Morgan fingerprint density at radius 2 is 2.10 bits per heavy atom. The lowest BCUT2D eigenvalue weighted by Crippen LogP contribution is -2.04. The average Bonchev–Trinajstić information content (AvgIpc) is 2.73. The molecule has 0 fully saturated rings. The molecule has 1 heterocycles. The molecule has 20 heavy (non-hydrogen) atoms. The van der Waals surface area contributed by atoms with E-state index >= 15 is 0 Å². The van der Waals surface area contributed by atoms with Gasteiger partial charge < -0.3 is 15.8 Å². The van der Waals surface area contributed by atoms with Gasteiger partial charge in [0, 0.05) is 19.8 Å². The smallest absolute Gasteiger partial charge is 0.152 e. The largest absolute Gasteiger partial charge is 0.394 e. The molecule has 0 saturated heterocycles. The van der Waals surface area contributed by atoms with Crippen LogP contribution in [-0.4, -0.2) is 23.5 Å². The molecule has 108 valence electrons. The summed E-state index contributed by atoms with van der Waals surface area (Å²) in [7, 11) is 3.61. The molecule has 0 unspecified atom stereocenters. The van der Waals surface area contributed by atoms with Gasteiger partial charge in [-0.05, 0) is 24.5 Å². The molecule has 1 aromatic carbocycles. The monoisotopic (exact) mass is 274 g/mol. The Morgan fingerprint density at radius 1 is 1.35 bits per heavy atom. The highest BCUT2D eigenvalue weighted by Crippen LogP contribution is 2.28. The van der Waals surface area contributed by atoms with Crippen molar-refractivity contribution in [2.75, 3.05) is 24.8 Å². The molecule has 0 spiro atoms. The van der Waals surface area contributed by atoms with Gasteiger partial charge in [0.1, 0.15) is 0 Å². The second kappa shape index (κ2) is 6.43. The van der Waals surface area contributed by atoms with Crippen molar-refractivity contribution in [3.8, 4) is 0 Å². The number of aromatic nitrogens is 2. The van der Waals surface area contributed by atoms with Gasteiger partial charge in [-0.3, -0.25) is 4.68 Å². The summed E-state index contributed by atoms with van der Waals surface area (Å²) in [5.74, 6) is 0.840. The Balaban J connectivity index is 2.28. The number of nitrogens with zero attached hydrogens (tertiary/aromatic N) is 2. The van der Waals surface area contributed by atoms with Crippen LogP contribution in [0.3, 0.4) is 0 Å². The van der Waals surface area contributed by atoms with E-state index in [1.54, 1.807) is 11.8 Å². The third kappa shape index (κ3) is 2.93. The minimum Gasteiger partial charge on any atom is -0.394 e. The Morgan fingerprint density at radius 3 is 2.75 bits per heavy atom. The van der Waals surface area contributed by atoms with Crippen LogP contribution in [0.25, 0.3) is 0 Å². The first-order valence-corrected chi connectivity index (χ1v) is 6.82. The van der Waals surface area contributed by atoms with Crippen LogP contribution in [0.15, 0.2) is 24.3 Å². The van der Waals surface area contributed by atoms with Crippen molar-refractivity contribution in [2.45, 2.75) is 19.8 Å². The van der Waals surface area contributed by atoms with Crippen LogP contribution in [0.1, 0.15) is 18.2 Å². The predicted molar refractivity (Wildman–Crippen MR) is 82.3 cm³/mol. The molecule has 0 aliphatic heterocycles. The third-order valence-corrected chi connectivity index (χ3v) is 3.34. The molecule has 5 heteroatoms. The van der Waals surface area contributed by atoms with Crippen molar-refractivity contribution < 1.29 is 4.74 Å². The summed E-state index contributed by atoms with van der Waals surface area (Å²) in [5, 5.41) is 7.81. The fraction of sp³-hybridized carbons (Fsp3) is 0.400. The molecule has 0 radical (unpaired) electrons. The quantitative estimate of drug-likeness (QED) is 0.849. The van der Waals surface area contributed by atoms with E-state index in [0.717, 1.165) is 35.7 Å². The first kappa shape index (κ1) is 14.4. The lowest BCUT2D eigenvalue weighted by Gasteiger charge is -2.12. The number of methoxy groups -OCH3 is 1. The summed E-state index contributed by atoms with van der Waals surface area (Å²) in [6.07, 6.45) is 1.69. The zero-order chi connectivity index (χ0) is 14.5. The van der Waals surface area contributed by atoms with Gasteiger partial charge in [0.2, 0.25) is 0 Å². The Kier molecular flexibility index (Phi) is 4.63. The zero-order valence-electron chi connectivity index (χ0n) is 12.3. The van der Waals surface area contributed by atoms with Gasteiger partial charge in [0.05, 0.1) is 18.0 Å². The van der Waals surface area contributed by atoms with Gasteiger partial charge >= 0.3 is 0 Å². The molecule has 0 atom stereocenters. The first-order valence-electron chi connectivity index (χ1n) is 6.82. The number of ether oxygens (including phenoxy) is 1. The van der Waals surface area contributed by atoms with Crippen molar-refractivity contribution in [1.29, 1.82) is 0 Å². The number of benzene rings is 1. The summed E-state index contributed by atoms with van der Waals surface area (Å²) >= 11 is 0. The minimum absolute atomic E-state index is 0.694. The number of hydrogen-bond donors (Lipinski definition) is 2. The summed E-state index contributed by atoms with van der Waals surface area (Å²) in [6.45, 7) is 2.74. The van der Waals surface area contributed by atoms with Gasteiger partial charge in [-0.25, -0.2) is 0 Å². The number of nitrogens with one attached hydrogen (secondary N) is 1. The first-order chi connectivity index (χ1) is 9.67. The Hall–Kier alpha value is -2.01. The fourth-order valence-corrected chi connectivity index (χ4v) is 2.21. The molecule has 0 saturated carbocycles. The number of nitrogens with two attached hydrogens (primary N) is 1. The number of aryl methyl sites for hydroxylation is 2. The second-order valence-corrected chi connectivity index (χ2v) is 4.71. The lowest BCUT2D eigenvalue weighted by atomic mass is 10.1. The van der Waals surface area contributed by atoms with Gasteiger partial charge in [0.25, 0.3) is 0 Å². The van der Waals surface area contributed by atoms with Crippen LogP contribution < -0.4 is 11.1 Å². The molecule has 2 aromatic rings. The second-order valence-electron chi connectivity index (χ2n) is 4.71. The number of nitrogen functional groups attached to an aromatic ring is 1. The minimum atomic E-state index is 0.694. The van der Waals surface area contributed by atoms with E-state index in [2.05, 4.69) is 23.4 Å². The summed E-state index contributed by atoms with van der Waals surface area (Å²) in [6, 6.07) is 8.17. The zero-order valence-corrected chi connectivity index (χ0v) is 12.3. The van der Waals surface area contributed by atoms with Gasteiger partial charge in [0.15, 0.2) is 5.82 Å². The van der Waals surface area contributed by atoms with E-state index < -0.39 is 0 Å². The molecular formula is C15H22N4O. The van der Waals surface area contributed by atoms with Crippen molar-refractivity contribution in [3.05, 3.63) is 35.5 Å². The number of hydrogen-bond acceptors (Lipinski definition) is 4. The van der Waals surface area contributed by atoms with Crippen LogP contribution in [0.2, 0.25) is 0 Å². The predicted octanol–water partition coefficient (Wildman–Crippen LogP) is 2.50. The van der Waals surface area contributed by atoms with E-state index in [9.17, 15) is 0 Å². The van der Waals surface area contributed by atoms with Crippen molar-refractivity contribution in [2.24, 2.45) is 7.05 Å². The van der Waals surface area contributed by atoms with E-state index in [0.29, 0.717) is 6.61 Å². The van der Waals surface area contributed by atoms with Crippen molar-refractivity contribution in [1.82, 2.24) is 9.78 Å². The third-order valence-electron chi connectivity index (χ3n) is 3.34. The van der Waals surface area contributed by atoms with Gasteiger partial charge in [-0.1, -0.05) is 25.1 Å². The highest BCUT2D eigenvalue weighted by molar-refractivity contribution is 5.72. The standard InChI is InChI=1S/C15H22N4O/c1-4-12-14(16)15(19(2)18-12)17-13-8-6-5-7-11(13)9-10-20-3/h5-8,17H,4,9-10,16H2,1-3H3. The van der Waals surface area contributed by atoms with Crippen LogP contribution in [0.5, 0.6) is 0 Å². The molecule has 0 bridgehead atoms. The molecule has 0 amide bonds. The fourth-order valence-electron chi connectivity index (χ4n) is 2.21. The average molecular weight is 274 g/mol. The maximum Gasteiger partial charge on any atom is 0.152 e. The molecule has 0 aliphatic carbocycles. The van der Waals surface area contributed by atoms with Gasteiger partial charge in [-0.15, -0.1) is 0 Å². The number of anilines is 3. The highest BCUT2D eigenvalue weighted by Gasteiger charge is 2.13. The Bertz CT molecular complexity index is 577.